The molecule has 0 atom stereocenters. The quantitative estimate of drug-likeness (QED) is 0.842. The summed E-state index contributed by atoms with van der Waals surface area (Å²) in [5.74, 6) is -0.126. The zero-order chi connectivity index (χ0) is 13.5. The fourth-order valence-corrected chi connectivity index (χ4v) is 1.37. The van der Waals surface area contributed by atoms with E-state index in [1.54, 1.807) is 0 Å². The Kier molecular flexibility index (Phi) is 8.11. The van der Waals surface area contributed by atoms with E-state index in [0.717, 1.165) is 0 Å². The lowest BCUT2D eigenvalue weighted by Crippen LogP contribution is -2.28. The second kappa shape index (κ2) is 8.72. The van der Waals surface area contributed by atoms with Crippen molar-refractivity contribution in [1.29, 1.82) is 0 Å². The monoisotopic (exact) mass is 290 g/mol. The Bertz CT molecular complexity index is 414. The lowest BCUT2D eigenvalue weighted by atomic mass is 10.1. The van der Waals surface area contributed by atoms with Gasteiger partial charge in [-0.25, -0.2) is 4.39 Å². The maximum Gasteiger partial charge on any atom is 0.255 e. The Morgan fingerprint density at radius 1 is 1.47 bits per heavy atom. The molecule has 0 aliphatic carbocycles. The van der Waals surface area contributed by atoms with Crippen LogP contribution in [0, 0.1) is 11.7 Å². The van der Waals surface area contributed by atoms with Gasteiger partial charge in [-0.1, -0.05) is 13.8 Å². The zero-order valence-corrected chi connectivity index (χ0v) is 11.9. The topological polar surface area (TPSA) is 64.3 Å². The highest BCUT2D eigenvalue weighted by atomic mass is 35.5. The third-order valence-electron chi connectivity index (χ3n) is 2.23. The highest BCUT2D eigenvalue weighted by molar-refractivity contribution is 5.96. The molecular formula is C13H20ClFN2O2. The minimum Gasteiger partial charge on any atom is -0.491 e. The number of hydrogen-bond donors (Lipinski definition) is 2. The Hall–Kier alpha value is -1.33. The number of nitrogens with two attached hydrogens (primary N) is 1. The zero-order valence-electron chi connectivity index (χ0n) is 11.1. The number of benzene rings is 1. The predicted octanol–water partition coefficient (Wildman–Crippen LogP) is 1.97. The molecule has 19 heavy (non-hydrogen) atoms. The largest absolute Gasteiger partial charge is 0.491 e. The van der Waals surface area contributed by atoms with Crippen LogP contribution in [0.25, 0.3) is 0 Å². The number of halogens is 2. The van der Waals surface area contributed by atoms with E-state index in [4.69, 9.17) is 10.5 Å². The Morgan fingerprint density at radius 2 is 2.16 bits per heavy atom. The predicted molar refractivity (Wildman–Crippen MR) is 75.4 cm³/mol. The highest BCUT2D eigenvalue weighted by Crippen LogP contribution is 2.19. The van der Waals surface area contributed by atoms with Gasteiger partial charge in [0, 0.05) is 13.1 Å². The molecular weight excluding hydrogens is 271 g/mol. The van der Waals surface area contributed by atoms with Gasteiger partial charge >= 0.3 is 0 Å². The minimum absolute atomic E-state index is 0. The summed E-state index contributed by atoms with van der Waals surface area (Å²) in [5, 5.41) is 2.73. The molecule has 6 heteroatoms. The Balaban J connectivity index is 0.00000324. The van der Waals surface area contributed by atoms with Gasteiger partial charge in [0.25, 0.3) is 5.91 Å². The summed E-state index contributed by atoms with van der Waals surface area (Å²) in [6.45, 7) is 5.13. The van der Waals surface area contributed by atoms with E-state index < -0.39 is 5.82 Å². The first kappa shape index (κ1) is 17.7. The fourth-order valence-electron chi connectivity index (χ4n) is 1.37. The molecule has 0 saturated carbocycles. The SMILES string of the molecule is CC(C)CNC(=O)c1cc(F)ccc1OCCN.Cl. The van der Waals surface area contributed by atoms with Crippen LogP contribution in [0.3, 0.4) is 0 Å². The molecule has 0 fully saturated rings. The van der Waals surface area contributed by atoms with Crippen LogP contribution in [0.2, 0.25) is 0 Å². The third kappa shape index (κ3) is 5.89. The summed E-state index contributed by atoms with van der Waals surface area (Å²) in [4.78, 5) is 11.9. The third-order valence-corrected chi connectivity index (χ3v) is 2.23. The van der Waals surface area contributed by atoms with E-state index in [1.807, 2.05) is 13.8 Å². The van der Waals surface area contributed by atoms with Crippen LogP contribution in [0.5, 0.6) is 5.75 Å². The van der Waals surface area contributed by atoms with Crippen molar-refractivity contribution in [3.63, 3.8) is 0 Å². The lowest BCUT2D eigenvalue weighted by Gasteiger charge is -2.12. The molecule has 0 aromatic heterocycles. The standard InChI is InChI=1S/C13H19FN2O2.ClH/c1-9(2)8-16-13(17)11-7-10(14)3-4-12(11)18-6-5-15;/h3-4,7,9H,5-6,8,15H2,1-2H3,(H,16,17);1H. The van der Waals surface area contributed by atoms with Crippen LogP contribution in [0.1, 0.15) is 24.2 Å². The smallest absolute Gasteiger partial charge is 0.255 e. The second-order valence-corrected chi connectivity index (χ2v) is 4.38. The molecule has 3 N–H and O–H groups in total. The average Bonchev–Trinajstić information content (AvgIpc) is 2.34. The molecule has 1 rings (SSSR count). The van der Waals surface area contributed by atoms with Crippen LogP contribution in [0.15, 0.2) is 18.2 Å². The molecule has 0 heterocycles. The molecule has 108 valence electrons. The summed E-state index contributed by atoms with van der Waals surface area (Å²) in [7, 11) is 0. The van der Waals surface area contributed by atoms with Crippen LogP contribution in [-0.4, -0.2) is 25.6 Å². The fraction of sp³-hybridized carbons (Fsp3) is 0.462. The van der Waals surface area contributed by atoms with Crippen molar-refractivity contribution in [2.24, 2.45) is 11.7 Å². The van der Waals surface area contributed by atoms with Crippen molar-refractivity contribution in [2.75, 3.05) is 19.7 Å². The molecule has 4 nitrogen and oxygen atoms in total. The molecule has 0 spiro atoms. The van der Waals surface area contributed by atoms with Gasteiger partial charge in [-0.3, -0.25) is 4.79 Å². The maximum atomic E-state index is 13.2. The van der Waals surface area contributed by atoms with Crippen molar-refractivity contribution in [2.45, 2.75) is 13.8 Å². The number of ether oxygens (including phenoxy) is 1. The van der Waals surface area contributed by atoms with Crippen LogP contribution < -0.4 is 15.8 Å². The second-order valence-electron chi connectivity index (χ2n) is 4.38. The maximum absolute atomic E-state index is 13.2. The number of hydrogen-bond acceptors (Lipinski definition) is 3. The highest BCUT2D eigenvalue weighted by Gasteiger charge is 2.13. The molecule has 0 aliphatic rings. The Morgan fingerprint density at radius 3 is 2.74 bits per heavy atom. The Labute approximate surface area is 118 Å². The van der Waals surface area contributed by atoms with Gasteiger partial charge in [0.2, 0.25) is 0 Å². The molecule has 1 amide bonds. The van der Waals surface area contributed by atoms with Gasteiger partial charge in [0.1, 0.15) is 18.2 Å². The molecule has 0 saturated heterocycles. The molecule has 1 aromatic rings. The minimum atomic E-state index is -0.468. The number of amides is 1. The van der Waals surface area contributed by atoms with Crippen LogP contribution in [0.4, 0.5) is 4.39 Å². The van der Waals surface area contributed by atoms with E-state index in [-0.39, 0.29) is 30.5 Å². The van der Waals surface area contributed by atoms with Crippen molar-refractivity contribution in [1.82, 2.24) is 5.32 Å². The van der Waals surface area contributed by atoms with Gasteiger partial charge in [0.15, 0.2) is 0 Å². The van der Waals surface area contributed by atoms with E-state index >= 15 is 0 Å². The van der Waals surface area contributed by atoms with Crippen LogP contribution >= 0.6 is 12.4 Å². The average molecular weight is 291 g/mol. The summed E-state index contributed by atoms with van der Waals surface area (Å²) in [6, 6.07) is 3.86. The first-order chi connectivity index (χ1) is 8.54. The van der Waals surface area contributed by atoms with Gasteiger partial charge < -0.3 is 15.8 Å². The number of carbonyl (C=O) groups excluding carboxylic acids is 1. The first-order valence-corrected chi connectivity index (χ1v) is 5.95. The number of carbonyl (C=O) groups is 1. The summed E-state index contributed by atoms with van der Waals surface area (Å²) >= 11 is 0. The van der Waals surface area contributed by atoms with Gasteiger partial charge in [-0.15, -0.1) is 12.4 Å². The van der Waals surface area contributed by atoms with Crippen molar-refractivity contribution >= 4 is 18.3 Å². The van der Waals surface area contributed by atoms with Gasteiger partial charge in [-0.2, -0.15) is 0 Å². The van der Waals surface area contributed by atoms with Gasteiger partial charge in [0.05, 0.1) is 5.56 Å². The molecule has 0 unspecified atom stereocenters. The van der Waals surface area contributed by atoms with Crippen molar-refractivity contribution in [3.05, 3.63) is 29.6 Å². The normalized spacial score (nSPS) is 9.95. The molecule has 1 aromatic carbocycles. The summed E-state index contributed by atoms with van der Waals surface area (Å²) in [5.41, 5.74) is 5.53. The van der Waals surface area contributed by atoms with Crippen molar-refractivity contribution < 1.29 is 13.9 Å². The van der Waals surface area contributed by atoms with E-state index in [9.17, 15) is 9.18 Å². The molecule has 0 bridgehead atoms. The van der Waals surface area contributed by atoms with E-state index in [1.165, 1.54) is 18.2 Å². The summed E-state index contributed by atoms with van der Waals surface area (Å²) < 4.78 is 18.5. The summed E-state index contributed by atoms with van der Waals surface area (Å²) in [6.07, 6.45) is 0. The molecule has 0 aliphatic heterocycles. The van der Waals surface area contributed by atoms with E-state index in [0.29, 0.717) is 24.8 Å². The van der Waals surface area contributed by atoms with E-state index in [2.05, 4.69) is 5.32 Å². The molecule has 0 radical (unpaired) electrons. The van der Waals surface area contributed by atoms with Gasteiger partial charge in [-0.05, 0) is 24.1 Å². The number of nitrogens with one attached hydrogen (secondary N) is 1. The van der Waals surface area contributed by atoms with Crippen molar-refractivity contribution in [3.8, 4) is 5.75 Å². The first-order valence-electron chi connectivity index (χ1n) is 5.95. The lowest BCUT2D eigenvalue weighted by molar-refractivity contribution is 0.0944. The van der Waals surface area contributed by atoms with Crippen LogP contribution in [-0.2, 0) is 0 Å². The number of rotatable bonds is 6.